The van der Waals surface area contributed by atoms with Crippen LogP contribution in [0.4, 0.5) is 10.6 Å². The van der Waals surface area contributed by atoms with Gasteiger partial charge in [-0.3, -0.25) is 33.6 Å². The molecule has 3 aromatic rings. The number of carbonyl (C=O) groups is 8. The fraction of sp³-hybridized carbons (Fsp3) is 0.604. The number of thiazole rings is 1. The Morgan fingerprint density at radius 3 is 2.24 bits per heavy atom. The molecular weight excluding hydrogens is 1290 g/mol. The molecule has 0 radical (unpaired) electrons. The molecule has 18 atom stereocenters. The van der Waals surface area contributed by atoms with E-state index in [0.717, 1.165) is 30.9 Å². The zero-order valence-electron chi connectivity index (χ0n) is 50.9. The average molecular weight is 1370 g/mol. The van der Waals surface area contributed by atoms with E-state index < -0.39 is 171 Å². The molecule has 514 valence electrons. The second-order valence-electron chi connectivity index (χ2n) is 21.9. The molecule has 93 heavy (non-hydrogen) atoms. The van der Waals surface area contributed by atoms with Crippen LogP contribution in [-0.2, 0) is 58.6 Å². The van der Waals surface area contributed by atoms with E-state index in [9.17, 15) is 69.3 Å². The number of amides is 8. The second-order valence-corrected chi connectivity index (χ2v) is 26.2. The number of hydrogen-bond acceptors (Lipinski definition) is 30. The number of carbonyl (C=O) groups excluding carboxylic acids is 8. The summed E-state index contributed by atoms with van der Waals surface area (Å²) in [5.41, 5.74) is 28.3. The van der Waals surface area contributed by atoms with Crippen molar-refractivity contribution < 1.29 is 97.8 Å². The zero-order valence-corrected chi connectivity index (χ0v) is 53.4. The second kappa shape index (κ2) is 34.9. The van der Waals surface area contributed by atoms with Crippen LogP contribution in [0.15, 0.2) is 28.3 Å². The molecule has 0 spiro atoms. The van der Waals surface area contributed by atoms with Crippen molar-refractivity contribution >= 4 is 99.2 Å². The third-order valence-electron chi connectivity index (χ3n) is 14.7. The summed E-state index contributed by atoms with van der Waals surface area (Å²) in [6.45, 7) is 2.17. The summed E-state index contributed by atoms with van der Waals surface area (Å²) in [4.78, 5) is 128. The number of aliphatic imine (C=N–C) groups is 1. The Bertz CT molecular complexity index is 3130. The van der Waals surface area contributed by atoms with E-state index in [-0.39, 0.29) is 58.2 Å². The number of nitrogens with two attached hydrogens (primary N) is 5. The molecule has 2 fully saturated rings. The Balaban J connectivity index is 1.23. The smallest absolute Gasteiger partial charge is 0.404 e. The van der Waals surface area contributed by atoms with Crippen LogP contribution in [0.5, 0.6) is 0 Å². The highest BCUT2D eigenvalue weighted by molar-refractivity contribution is 8.03. The minimum absolute atomic E-state index is 0.108. The Hall–Kier alpha value is -7.13. The number of rotatable bonds is 33. The summed E-state index contributed by atoms with van der Waals surface area (Å²) in [6.07, 6.45) is -17.3. The summed E-state index contributed by atoms with van der Waals surface area (Å²) in [7, 11) is 0.272. The van der Waals surface area contributed by atoms with Gasteiger partial charge in [0, 0.05) is 43.4 Å². The van der Waals surface area contributed by atoms with E-state index >= 15 is 4.79 Å². The largest absolute Gasteiger partial charge is 0.441 e. The fourth-order valence-electron chi connectivity index (χ4n) is 9.44. The Morgan fingerprint density at radius 2 is 1.59 bits per heavy atom. The lowest BCUT2D eigenvalue weighted by molar-refractivity contribution is -0.372. The van der Waals surface area contributed by atoms with Gasteiger partial charge in [-0.1, -0.05) is 6.92 Å². The van der Waals surface area contributed by atoms with Crippen LogP contribution in [0.1, 0.15) is 88.3 Å². The SMILES string of the molecule is Cc1c(N)nc([C@H](CC(N)=O)NC[C@H](N)C(N)=O)nc1C(=O)N[C@H](C(=O)N[C@H](C)[C@@H](O)[C@H](C)C(=O)N=CC(=O)NCC[C@@H]1NC(c2nc(C(=O)NCCC[S+](C)C)cs2)=CS1)[C@@H](O[C@@H]1O[C@@H](CO)[C@@H](O)[C@H](O)[C@@H]1O[C@H]1O[C@H](CO)[C@@H](O)[C@H](OC(N)=O)[C@@H]1O)c1cnc[nH]1. The van der Waals surface area contributed by atoms with Gasteiger partial charge < -0.3 is 125 Å². The number of ether oxygens (including phenoxy) is 5. The number of aliphatic hydroxyl groups is 7. The number of primary amides is 3. The number of H-pyrrole nitrogens is 1. The van der Waals surface area contributed by atoms with Crippen molar-refractivity contribution in [3.63, 3.8) is 0 Å². The molecular formula is C53H80N17O20S3+. The molecule has 0 unspecified atom stereocenters. The normalized spacial score (nSPS) is 25.3. The predicted molar refractivity (Wildman–Crippen MR) is 331 cm³/mol. The summed E-state index contributed by atoms with van der Waals surface area (Å²) in [5, 5.41) is 97.4. The fourth-order valence-corrected chi connectivity index (χ4v) is 11.9. The highest BCUT2D eigenvalue weighted by Crippen LogP contribution is 2.35. The van der Waals surface area contributed by atoms with Crippen LogP contribution in [0.2, 0.25) is 0 Å². The van der Waals surface area contributed by atoms with Gasteiger partial charge in [-0.2, -0.15) is 0 Å². The average Bonchev–Trinajstić information content (AvgIpc) is 1.83. The Kier molecular flexibility index (Phi) is 28.1. The first-order chi connectivity index (χ1) is 44.0. The maximum absolute atomic E-state index is 15.1. The van der Waals surface area contributed by atoms with E-state index in [4.69, 9.17) is 52.4 Å². The number of nitrogens with one attached hydrogen (secondary N) is 7. The molecule has 8 amide bonds. The molecule has 0 aliphatic carbocycles. The predicted octanol–water partition coefficient (Wildman–Crippen LogP) is -7.29. The van der Waals surface area contributed by atoms with Crippen LogP contribution in [0.25, 0.3) is 5.70 Å². The number of aromatic amines is 1. The highest BCUT2D eigenvalue weighted by atomic mass is 32.2. The van der Waals surface area contributed by atoms with Crippen LogP contribution in [0, 0.1) is 12.8 Å². The number of thioether (sulfide) groups is 1. The molecule has 3 aliphatic heterocycles. The van der Waals surface area contributed by atoms with E-state index in [0.29, 0.717) is 29.4 Å². The molecule has 37 nitrogen and oxygen atoms in total. The minimum Gasteiger partial charge on any atom is -0.441 e. The topological polar surface area (TPSA) is 606 Å². The number of nitrogens with zero attached hydrogens (tertiary/aromatic N) is 5. The van der Waals surface area contributed by atoms with Gasteiger partial charge in [0.05, 0.1) is 91.4 Å². The molecule has 0 bridgehead atoms. The standard InChI is InChI=1S/C53H79N17O20S3/c1-20-33(68-45(70-43(20)56)24(11-30(55)73)62-12-23(54)44(57)80)48(83)69-34(40(25-13-59-19-64-25)88-52-42(38(78)36(76)28(15-71)87-52)89-51-39(79)41(90-53(58)85)37(77)29(16-72)86-51)49(84)65-22(3)35(75)21(2)46(81)63-14-31(74)60-9-7-32-66-27(18-91-32)50-67-26(17-92-50)47(82)61-8-6-10-93(4)5/h13-14,17-19,21-24,28-29,32,34-42,51-52,62,66,71-72,75-79H,6-12,15-16,54H2,1-5H3,(H12-,55,56,57,58,59,60,61,64,65,68,69,70,73,74,80,82,83,84,85)/p+1/t21-,22+,23-,24-,28-,29+,32+,34-,35-,36+,37+,38-,39-,40-,41-,42-,51+,52-/m0/s1. The first kappa shape index (κ1) is 74.9. The van der Waals surface area contributed by atoms with E-state index in [2.05, 4.69) is 74.3 Å². The zero-order chi connectivity index (χ0) is 68.5. The molecule has 0 saturated carbocycles. The van der Waals surface area contributed by atoms with Crippen molar-refractivity contribution in [2.75, 3.05) is 56.8 Å². The maximum atomic E-state index is 15.1. The van der Waals surface area contributed by atoms with Gasteiger partial charge in [0.1, 0.15) is 88.7 Å². The van der Waals surface area contributed by atoms with Gasteiger partial charge in [0.25, 0.3) is 23.6 Å². The van der Waals surface area contributed by atoms with Crippen LogP contribution in [-0.4, -0.2) is 256 Å². The summed E-state index contributed by atoms with van der Waals surface area (Å²) >= 11 is 2.75. The van der Waals surface area contributed by atoms with E-state index in [1.807, 2.05) is 5.41 Å². The molecule has 2 saturated heterocycles. The molecule has 24 N–H and O–H groups in total. The minimum atomic E-state index is -2.18. The van der Waals surface area contributed by atoms with Gasteiger partial charge >= 0.3 is 6.09 Å². The molecule has 6 heterocycles. The quantitative estimate of drug-likeness (QED) is 0.0153. The Labute approximate surface area is 542 Å². The van der Waals surface area contributed by atoms with Crippen molar-refractivity contribution in [1.82, 2.24) is 56.8 Å². The molecule has 0 aromatic carbocycles. The highest BCUT2D eigenvalue weighted by Gasteiger charge is 2.54. The first-order valence-electron chi connectivity index (χ1n) is 28.8. The Morgan fingerprint density at radius 1 is 0.892 bits per heavy atom. The van der Waals surface area contributed by atoms with Crippen molar-refractivity contribution in [2.45, 2.75) is 143 Å². The lowest BCUT2D eigenvalue weighted by atomic mass is 9.96. The van der Waals surface area contributed by atoms with E-state index in [1.165, 1.54) is 43.9 Å². The number of imidazole rings is 1. The van der Waals surface area contributed by atoms with Crippen LogP contribution in [0.3, 0.4) is 0 Å². The van der Waals surface area contributed by atoms with Crippen molar-refractivity contribution in [3.05, 3.63) is 56.8 Å². The lowest BCUT2D eigenvalue weighted by Gasteiger charge is -2.47. The number of hydrogen-bond donors (Lipinski definition) is 19. The van der Waals surface area contributed by atoms with Crippen molar-refractivity contribution in [2.24, 2.45) is 33.8 Å². The van der Waals surface area contributed by atoms with E-state index in [1.54, 1.807) is 5.38 Å². The summed E-state index contributed by atoms with van der Waals surface area (Å²) in [6, 6.07) is -6.15. The third kappa shape index (κ3) is 20.4. The molecule has 6 rings (SSSR count). The summed E-state index contributed by atoms with van der Waals surface area (Å²) < 4.78 is 28.7. The summed E-state index contributed by atoms with van der Waals surface area (Å²) in [5.74, 6) is -7.45. The third-order valence-corrected chi connectivity index (χ3v) is 17.7. The molecule has 40 heteroatoms. The van der Waals surface area contributed by atoms with Gasteiger partial charge in [-0.05, 0) is 36.6 Å². The number of anilines is 1. The number of aromatic nitrogens is 5. The van der Waals surface area contributed by atoms with Crippen molar-refractivity contribution in [1.29, 1.82) is 0 Å². The molecule has 3 aromatic heterocycles. The lowest BCUT2D eigenvalue weighted by Crippen LogP contribution is -2.65. The van der Waals surface area contributed by atoms with Gasteiger partial charge in [-0.25, -0.2) is 29.7 Å². The van der Waals surface area contributed by atoms with Gasteiger partial charge in [0.2, 0.25) is 17.7 Å². The first-order valence-corrected chi connectivity index (χ1v) is 32.8. The van der Waals surface area contributed by atoms with Crippen molar-refractivity contribution in [3.8, 4) is 0 Å². The maximum Gasteiger partial charge on any atom is 0.404 e. The molecule has 3 aliphatic rings. The number of nitrogen functional groups attached to an aromatic ring is 1. The van der Waals surface area contributed by atoms with Crippen LogP contribution < -0.4 is 60.6 Å². The van der Waals surface area contributed by atoms with Crippen LogP contribution >= 0.6 is 23.1 Å². The van der Waals surface area contributed by atoms with Gasteiger partial charge in [-0.15, -0.1) is 23.1 Å². The number of aliphatic hydroxyl groups excluding tert-OH is 7. The van der Waals surface area contributed by atoms with Gasteiger partial charge in [0.15, 0.2) is 18.7 Å². The monoisotopic (exact) mass is 1370 g/mol.